The van der Waals surface area contributed by atoms with Crippen molar-refractivity contribution in [3.8, 4) is 0 Å². The van der Waals surface area contributed by atoms with E-state index in [0.717, 1.165) is 0 Å². The van der Waals surface area contributed by atoms with Gasteiger partial charge in [0.1, 0.15) is 0 Å². The van der Waals surface area contributed by atoms with Gasteiger partial charge in [0.25, 0.3) is 0 Å². The molecule has 6 heteroatoms. The second kappa shape index (κ2) is 9.07. The number of hydrogen-bond donors (Lipinski definition) is 0. The van der Waals surface area contributed by atoms with Crippen LogP contribution in [0.15, 0.2) is 12.3 Å². The lowest BCUT2D eigenvalue weighted by molar-refractivity contribution is 0.141. The van der Waals surface area contributed by atoms with Crippen LogP contribution in [-0.4, -0.2) is 44.5 Å². The Hall–Kier alpha value is -0.910. The second-order valence-electron chi connectivity index (χ2n) is 3.84. The summed E-state index contributed by atoms with van der Waals surface area (Å²) in [5.41, 5.74) is 0. The largest absolute Gasteiger partial charge is 0.380 e. The molecule has 0 atom stereocenters. The zero-order chi connectivity index (χ0) is 14.1. The van der Waals surface area contributed by atoms with E-state index in [-0.39, 0.29) is 10.8 Å². The number of nitrogens with zero attached hydrogens (tertiary/aromatic N) is 2. The maximum absolute atomic E-state index is 13.8. The normalized spacial score (nSPS) is 10.7. The van der Waals surface area contributed by atoms with Crippen LogP contribution in [0.2, 0.25) is 5.02 Å². The van der Waals surface area contributed by atoms with E-state index in [9.17, 15) is 4.39 Å². The molecule has 0 aliphatic heterocycles. The van der Waals surface area contributed by atoms with E-state index >= 15 is 0 Å². The molecule has 0 saturated carbocycles. The van der Waals surface area contributed by atoms with E-state index in [4.69, 9.17) is 21.1 Å². The summed E-state index contributed by atoms with van der Waals surface area (Å²) in [5, 5.41) is 0.288. The number of rotatable bonds is 9. The lowest BCUT2D eigenvalue weighted by Crippen LogP contribution is -2.32. The number of ether oxygens (including phenoxy) is 2. The van der Waals surface area contributed by atoms with Crippen molar-refractivity contribution in [2.45, 2.75) is 13.8 Å². The van der Waals surface area contributed by atoms with Crippen LogP contribution in [0, 0.1) is 5.82 Å². The molecule has 0 bridgehead atoms. The third kappa shape index (κ3) is 5.72. The molecule has 0 radical (unpaired) electrons. The molecule has 4 nitrogen and oxygen atoms in total. The van der Waals surface area contributed by atoms with Crippen molar-refractivity contribution in [1.82, 2.24) is 4.98 Å². The van der Waals surface area contributed by atoms with Crippen molar-refractivity contribution >= 4 is 17.4 Å². The molecule has 0 unspecified atom stereocenters. The topological polar surface area (TPSA) is 34.6 Å². The summed E-state index contributed by atoms with van der Waals surface area (Å²) in [6, 6.07) is 1.26. The standard InChI is InChI=1S/C13H20ClFN2O2/c1-3-18-7-5-17(6-8-19-4-2)13-12(15)9-11(14)10-16-13/h9-10H,3-8H2,1-2H3. The Morgan fingerprint density at radius 2 is 1.79 bits per heavy atom. The van der Waals surface area contributed by atoms with Crippen LogP contribution in [0.5, 0.6) is 0 Å². The number of aromatic nitrogens is 1. The van der Waals surface area contributed by atoms with Crippen molar-refractivity contribution in [1.29, 1.82) is 0 Å². The van der Waals surface area contributed by atoms with Crippen LogP contribution in [0.25, 0.3) is 0 Å². The molecule has 0 aliphatic carbocycles. The van der Waals surface area contributed by atoms with Gasteiger partial charge in [-0.2, -0.15) is 0 Å². The molecule has 0 saturated heterocycles. The minimum Gasteiger partial charge on any atom is -0.380 e. The van der Waals surface area contributed by atoms with E-state index in [1.165, 1.54) is 12.3 Å². The zero-order valence-electron chi connectivity index (χ0n) is 11.4. The van der Waals surface area contributed by atoms with E-state index in [2.05, 4.69) is 4.98 Å². The van der Waals surface area contributed by atoms with Gasteiger partial charge in [-0.05, 0) is 19.9 Å². The highest BCUT2D eigenvalue weighted by Crippen LogP contribution is 2.19. The minimum atomic E-state index is -0.430. The van der Waals surface area contributed by atoms with Gasteiger partial charge in [-0.1, -0.05) is 11.6 Å². The highest BCUT2D eigenvalue weighted by atomic mass is 35.5. The molecule has 108 valence electrons. The number of hydrogen-bond acceptors (Lipinski definition) is 4. The lowest BCUT2D eigenvalue weighted by Gasteiger charge is -2.23. The van der Waals surface area contributed by atoms with Crippen LogP contribution in [-0.2, 0) is 9.47 Å². The quantitative estimate of drug-likeness (QED) is 0.655. The maximum Gasteiger partial charge on any atom is 0.167 e. The maximum atomic E-state index is 13.8. The summed E-state index contributed by atoms with van der Waals surface area (Å²) in [6.45, 7) is 7.28. The average molecular weight is 291 g/mol. The molecule has 0 aromatic carbocycles. The lowest BCUT2D eigenvalue weighted by atomic mass is 10.4. The monoisotopic (exact) mass is 290 g/mol. The van der Waals surface area contributed by atoms with Gasteiger partial charge in [0.2, 0.25) is 0 Å². The second-order valence-corrected chi connectivity index (χ2v) is 4.28. The van der Waals surface area contributed by atoms with Crippen LogP contribution >= 0.6 is 11.6 Å². The minimum absolute atomic E-state index is 0.281. The van der Waals surface area contributed by atoms with E-state index in [1.54, 1.807) is 4.90 Å². The van der Waals surface area contributed by atoms with Gasteiger partial charge in [0, 0.05) is 32.5 Å². The molecule has 0 amide bonds. The summed E-state index contributed by atoms with van der Waals surface area (Å²) in [4.78, 5) is 5.85. The molecule has 0 fully saturated rings. The van der Waals surface area contributed by atoms with Gasteiger partial charge in [0.05, 0.1) is 18.2 Å². The Morgan fingerprint density at radius 1 is 1.21 bits per heavy atom. The first kappa shape index (κ1) is 16.1. The van der Waals surface area contributed by atoms with Crippen LogP contribution < -0.4 is 4.90 Å². The van der Waals surface area contributed by atoms with Crippen LogP contribution in [0.3, 0.4) is 0 Å². The van der Waals surface area contributed by atoms with Crippen LogP contribution in [0.4, 0.5) is 10.2 Å². The Morgan fingerprint density at radius 3 is 2.26 bits per heavy atom. The fraction of sp³-hybridized carbons (Fsp3) is 0.615. The third-order valence-electron chi connectivity index (χ3n) is 2.51. The summed E-state index contributed by atoms with van der Waals surface area (Å²) in [5.74, 6) is -0.149. The Balaban J connectivity index is 2.69. The number of halogens is 2. The smallest absolute Gasteiger partial charge is 0.167 e. The van der Waals surface area contributed by atoms with Gasteiger partial charge in [0.15, 0.2) is 11.6 Å². The van der Waals surface area contributed by atoms with Crippen molar-refractivity contribution in [2.75, 3.05) is 44.4 Å². The summed E-state index contributed by atoms with van der Waals surface area (Å²) in [6.07, 6.45) is 1.44. The molecule has 0 aliphatic rings. The predicted octanol–water partition coefficient (Wildman–Crippen LogP) is 2.75. The fourth-order valence-electron chi connectivity index (χ4n) is 1.60. The summed E-state index contributed by atoms with van der Waals surface area (Å²) >= 11 is 5.70. The highest BCUT2D eigenvalue weighted by Gasteiger charge is 2.13. The van der Waals surface area contributed by atoms with Gasteiger partial charge in [-0.15, -0.1) is 0 Å². The van der Waals surface area contributed by atoms with Crippen molar-refractivity contribution in [3.05, 3.63) is 23.1 Å². The van der Waals surface area contributed by atoms with Crippen molar-refractivity contribution in [3.63, 3.8) is 0 Å². The molecule has 1 rings (SSSR count). The van der Waals surface area contributed by atoms with Gasteiger partial charge in [-0.25, -0.2) is 9.37 Å². The first-order chi connectivity index (χ1) is 9.19. The number of anilines is 1. The average Bonchev–Trinajstić information content (AvgIpc) is 2.38. The molecular formula is C13H20ClFN2O2. The first-order valence-corrected chi connectivity index (χ1v) is 6.78. The third-order valence-corrected chi connectivity index (χ3v) is 2.71. The van der Waals surface area contributed by atoms with E-state index in [0.29, 0.717) is 39.5 Å². The Kier molecular flexibility index (Phi) is 7.70. The zero-order valence-corrected chi connectivity index (χ0v) is 12.1. The molecule has 0 N–H and O–H groups in total. The molecular weight excluding hydrogens is 271 g/mol. The molecule has 1 aromatic heterocycles. The van der Waals surface area contributed by atoms with Crippen molar-refractivity contribution < 1.29 is 13.9 Å². The molecule has 1 aromatic rings. The molecule has 1 heterocycles. The van der Waals surface area contributed by atoms with Gasteiger partial charge >= 0.3 is 0 Å². The van der Waals surface area contributed by atoms with Crippen LogP contribution in [0.1, 0.15) is 13.8 Å². The summed E-state index contributed by atoms with van der Waals surface area (Å²) < 4.78 is 24.4. The highest BCUT2D eigenvalue weighted by molar-refractivity contribution is 6.30. The first-order valence-electron chi connectivity index (χ1n) is 6.40. The van der Waals surface area contributed by atoms with Gasteiger partial charge in [-0.3, -0.25) is 0 Å². The Labute approximate surface area is 118 Å². The molecule has 0 spiro atoms. The fourth-order valence-corrected chi connectivity index (χ4v) is 1.75. The number of pyridine rings is 1. The van der Waals surface area contributed by atoms with E-state index < -0.39 is 5.82 Å². The predicted molar refractivity (Wildman–Crippen MR) is 74.4 cm³/mol. The molecule has 19 heavy (non-hydrogen) atoms. The summed E-state index contributed by atoms with van der Waals surface area (Å²) in [7, 11) is 0. The van der Waals surface area contributed by atoms with Crippen molar-refractivity contribution in [2.24, 2.45) is 0 Å². The van der Waals surface area contributed by atoms with Gasteiger partial charge < -0.3 is 14.4 Å². The Bertz CT molecular complexity index is 370. The SMILES string of the molecule is CCOCCN(CCOCC)c1ncc(Cl)cc1F. The van der Waals surface area contributed by atoms with E-state index in [1.807, 2.05) is 13.8 Å².